The summed E-state index contributed by atoms with van der Waals surface area (Å²) < 4.78 is 5.96. The van der Waals surface area contributed by atoms with Crippen LogP contribution in [0.4, 0.5) is 5.69 Å². The average Bonchev–Trinajstić information content (AvgIpc) is 2.73. The van der Waals surface area contributed by atoms with E-state index in [9.17, 15) is 4.79 Å². The van der Waals surface area contributed by atoms with E-state index >= 15 is 0 Å². The molecule has 6 heteroatoms. The second kappa shape index (κ2) is 8.03. The summed E-state index contributed by atoms with van der Waals surface area (Å²) in [5.74, 6) is 0.935. The Morgan fingerprint density at radius 2 is 1.85 bits per heavy atom. The molecule has 2 aromatic heterocycles. The molecular formula is C21H22N4O2. The number of piperidine rings is 1. The summed E-state index contributed by atoms with van der Waals surface area (Å²) in [5.41, 5.74) is 1.77. The molecule has 4 rings (SSSR count). The molecule has 0 saturated carbocycles. The first-order chi connectivity index (χ1) is 13.3. The number of carbonyl (C=O) groups is 1. The topological polar surface area (TPSA) is 67.4 Å². The molecule has 0 spiro atoms. The van der Waals surface area contributed by atoms with Crippen LogP contribution in [0.1, 0.15) is 12.8 Å². The van der Waals surface area contributed by atoms with E-state index in [-0.39, 0.29) is 18.6 Å². The van der Waals surface area contributed by atoms with Crippen LogP contribution in [0.5, 0.6) is 5.75 Å². The van der Waals surface area contributed by atoms with Crippen molar-refractivity contribution in [2.45, 2.75) is 18.9 Å². The zero-order valence-electron chi connectivity index (χ0n) is 15.0. The quantitative estimate of drug-likeness (QED) is 0.755. The molecule has 138 valence electrons. The van der Waals surface area contributed by atoms with Gasteiger partial charge in [-0.2, -0.15) is 0 Å². The fraction of sp³-hybridized carbons (Fsp3) is 0.286. The summed E-state index contributed by atoms with van der Waals surface area (Å²) in [6.07, 6.45) is 7.03. The maximum Gasteiger partial charge on any atom is 0.241 e. The van der Waals surface area contributed by atoms with Gasteiger partial charge in [-0.1, -0.05) is 18.2 Å². The Balaban J connectivity index is 1.29. The van der Waals surface area contributed by atoms with Crippen molar-refractivity contribution in [3.8, 4) is 5.75 Å². The molecule has 1 N–H and O–H groups in total. The Bertz CT molecular complexity index is 903. The van der Waals surface area contributed by atoms with E-state index in [0.717, 1.165) is 35.2 Å². The second-order valence-corrected chi connectivity index (χ2v) is 6.62. The van der Waals surface area contributed by atoms with Gasteiger partial charge in [0.15, 0.2) is 0 Å². The van der Waals surface area contributed by atoms with Crippen molar-refractivity contribution in [3.63, 3.8) is 0 Å². The highest BCUT2D eigenvalue weighted by Crippen LogP contribution is 2.21. The van der Waals surface area contributed by atoms with Crippen molar-refractivity contribution in [2.24, 2.45) is 0 Å². The fourth-order valence-electron chi connectivity index (χ4n) is 3.36. The third-order valence-corrected chi connectivity index (χ3v) is 4.81. The van der Waals surface area contributed by atoms with Crippen LogP contribution in [0.2, 0.25) is 0 Å². The maximum atomic E-state index is 12.6. The maximum absolute atomic E-state index is 12.6. The van der Waals surface area contributed by atoms with Gasteiger partial charge in [0.25, 0.3) is 0 Å². The predicted octanol–water partition coefficient (Wildman–Crippen LogP) is 3.11. The molecule has 3 heterocycles. The van der Waals surface area contributed by atoms with E-state index in [2.05, 4.69) is 15.3 Å². The first-order valence-electron chi connectivity index (χ1n) is 9.22. The third kappa shape index (κ3) is 4.16. The van der Waals surface area contributed by atoms with Gasteiger partial charge < -0.3 is 15.0 Å². The number of carbonyl (C=O) groups excluding carboxylic acids is 1. The van der Waals surface area contributed by atoms with Gasteiger partial charge in [0, 0.05) is 49.9 Å². The van der Waals surface area contributed by atoms with Crippen LogP contribution in [-0.4, -0.2) is 46.5 Å². The Morgan fingerprint density at radius 1 is 1.07 bits per heavy atom. The molecule has 0 unspecified atom stereocenters. The van der Waals surface area contributed by atoms with Crippen LogP contribution in [0.15, 0.2) is 61.1 Å². The summed E-state index contributed by atoms with van der Waals surface area (Å²) >= 11 is 0. The smallest absolute Gasteiger partial charge is 0.241 e. The molecule has 0 bridgehead atoms. The zero-order valence-corrected chi connectivity index (χ0v) is 15.0. The van der Waals surface area contributed by atoms with E-state index in [0.29, 0.717) is 13.1 Å². The number of hydrogen-bond acceptors (Lipinski definition) is 5. The lowest BCUT2D eigenvalue weighted by atomic mass is 10.1. The number of benzene rings is 1. The summed E-state index contributed by atoms with van der Waals surface area (Å²) in [5, 5.41) is 4.30. The van der Waals surface area contributed by atoms with Gasteiger partial charge in [-0.15, -0.1) is 0 Å². The van der Waals surface area contributed by atoms with Gasteiger partial charge in [0.2, 0.25) is 5.91 Å². The van der Waals surface area contributed by atoms with Crippen LogP contribution in [0, 0.1) is 0 Å². The number of likely N-dealkylation sites (tertiary alicyclic amines) is 1. The number of nitrogens with one attached hydrogen (secondary N) is 1. The summed E-state index contributed by atoms with van der Waals surface area (Å²) in [4.78, 5) is 22.9. The number of aromatic nitrogens is 2. The highest BCUT2D eigenvalue weighted by Gasteiger charge is 2.23. The SMILES string of the molecule is O=C(CNc1cccc2cccnc12)N1CCC(Oc2ccncc2)CC1. The van der Waals surface area contributed by atoms with E-state index in [4.69, 9.17) is 4.74 Å². The molecule has 6 nitrogen and oxygen atoms in total. The van der Waals surface area contributed by atoms with Gasteiger partial charge in [0.05, 0.1) is 17.7 Å². The van der Waals surface area contributed by atoms with Gasteiger partial charge in [0.1, 0.15) is 11.9 Å². The summed E-state index contributed by atoms with van der Waals surface area (Å²) in [7, 11) is 0. The number of para-hydroxylation sites is 1. The molecule has 0 aliphatic carbocycles. The number of hydrogen-bond donors (Lipinski definition) is 1. The van der Waals surface area contributed by atoms with Crippen LogP contribution in [0.25, 0.3) is 10.9 Å². The third-order valence-electron chi connectivity index (χ3n) is 4.81. The van der Waals surface area contributed by atoms with Crippen LogP contribution < -0.4 is 10.1 Å². The van der Waals surface area contributed by atoms with E-state index in [1.54, 1.807) is 18.6 Å². The molecule has 1 saturated heterocycles. The van der Waals surface area contributed by atoms with Gasteiger partial charge in [-0.05, 0) is 24.3 Å². The Kier molecular flexibility index (Phi) is 5.14. The van der Waals surface area contributed by atoms with Crippen LogP contribution in [0.3, 0.4) is 0 Å². The molecule has 1 aliphatic rings. The summed E-state index contributed by atoms with van der Waals surface area (Å²) in [6.45, 7) is 1.69. The molecule has 0 atom stereocenters. The molecule has 1 amide bonds. The highest BCUT2D eigenvalue weighted by atomic mass is 16.5. The number of anilines is 1. The number of fused-ring (bicyclic) bond motifs is 1. The molecule has 3 aromatic rings. The Hall–Kier alpha value is -3.15. The van der Waals surface area contributed by atoms with Crippen LogP contribution in [-0.2, 0) is 4.79 Å². The van der Waals surface area contributed by atoms with Gasteiger partial charge in [-0.25, -0.2) is 0 Å². The Morgan fingerprint density at radius 3 is 2.67 bits per heavy atom. The Labute approximate surface area is 158 Å². The largest absolute Gasteiger partial charge is 0.490 e. The molecule has 1 aromatic carbocycles. The van der Waals surface area contributed by atoms with E-state index < -0.39 is 0 Å². The lowest BCUT2D eigenvalue weighted by Gasteiger charge is -2.32. The molecular weight excluding hydrogens is 340 g/mol. The summed E-state index contributed by atoms with van der Waals surface area (Å²) in [6, 6.07) is 13.6. The minimum absolute atomic E-state index is 0.102. The molecule has 27 heavy (non-hydrogen) atoms. The number of amides is 1. The fourth-order valence-corrected chi connectivity index (χ4v) is 3.36. The monoisotopic (exact) mass is 362 g/mol. The van der Waals surface area contributed by atoms with Crippen molar-refractivity contribution in [2.75, 3.05) is 25.0 Å². The second-order valence-electron chi connectivity index (χ2n) is 6.62. The van der Waals surface area contributed by atoms with Crippen molar-refractivity contribution >= 4 is 22.5 Å². The predicted molar refractivity (Wildman–Crippen MR) is 105 cm³/mol. The normalized spacial score (nSPS) is 14.9. The first-order valence-corrected chi connectivity index (χ1v) is 9.22. The van der Waals surface area contributed by atoms with Crippen molar-refractivity contribution in [1.29, 1.82) is 0 Å². The minimum atomic E-state index is 0.102. The molecule has 1 aliphatic heterocycles. The average molecular weight is 362 g/mol. The minimum Gasteiger partial charge on any atom is -0.490 e. The lowest BCUT2D eigenvalue weighted by Crippen LogP contribution is -2.44. The van der Waals surface area contributed by atoms with Gasteiger partial charge >= 0.3 is 0 Å². The van der Waals surface area contributed by atoms with Crippen molar-refractivity contribution in [1.82, 2.24) is 14.9 Å². The standard InChI is InChI=1S/C21H22N4O2/c26-20(15-24-19-5-1-3-16-4-2-10-23-21(16)19)25-13-8-18(9-14-25)27-17-6-11-22-12-7-17/h1-7,10-12,18,24H,8-9,13-15H2. The zero-order chi connectivity index (χ0) is 18.5. The highest BCUT2D eigenvalue weighted by molar-refractivity contribution is 5.92. The number of nitrogens with zero attached hydrogens (tertiary/aromatic N) is 3. The molecule has 1 fully saturated rings. The van der Waals surface area contributed by atoms with E-state index in [1.807, 2.05) is 47.4 Å². The number of rotatable bonds is 5. The van der Waals surface area contributed by atoms with Gasteiger partial charge in [-0.3, -0.25) is 14.8 Å². The van der Waals surface area contributed by atoms with Crippen molar-refractivity contribution in [3.05, 3.63) is 61.1 Å². The number of ether oxygens (including phenoxy) is 1. The lowest BCUT2D eigenvalue weighted by molar-refractivity contribution is -0.131. The van der Waals surface area contributed by atoms with Crippen LogP contribution >= 0.6 is 0 Å². The first kappa shape index (κ1) is 17.3. The van der Waals surface area contributed by atoms with Crippen molar-refractivity contribution < 1.29 is 9.53 Å². The van der Waals surface area contributed by atoms with E-state index in [1.165, 1.54) is 0 Å². The molecule has 0 radical (unpaired) electrons. The number of pyridine rings is 2.